The van der Waals surface area contributed by atoms with Gasteiger partial charge in [-0.25, -0.2) is 14.6 Å². The van der Waals surface area contributed by atoms with Gasteiger partial charge < -0.3 is 29.7 Å². The maximum atomic E-state index is 12.6. The van der Waals surface area contributed by atoms with Crippen LogP contribution in [0.1, 0.15) is 38.8 Å². The summed E-state index contributed by atoms with van der Waals surface area (Å²) in [4.78, 5) is 47.7. The number of esters is 1. The van der Waals surface area contributed by atoms with Gasteiger partial charge in [0, 0.05) is 23.5 Å². The summed E-state index contributed by atoms with van der Waals surface area (Å²) in [5, 5.41) is 21.5. The quantitative estimate of drug-likeness (QED) is 0.210. The van der Waals surface area contributed by atoms with E-state index >= 15 is 0 Å². The van der Waals surface area contributed by atoms with Crippen molar-refractivity contribution >= 4 is 45.8 Å². The van der Waals surface area contributed by atoms with E-state index in [0.717, 1.165) is 0 Å². The second-order valence-electron chi connectivity index (χ2n) is 9.35. The summed E-state index contributed by atoms with van der Waals surface area (Å²) in [5.74, 6) is -2.12. The number of anilines is 1. The third-order valence-electron chi connectivity index (χ3n) is 6.21. The number of fused-ring (bicyclic) bond motifs is 1. The predicted molar refractivity (Wildman–Crippen MR) is 153 cm³/mol. The van der Waals surface area contributed by atoms with Crippen LogP contribution in [0.2, 0.25) is 0 Å². The maximum Gasteiger partial charge on any atom is 0.338 e. The summed E-state index contributed by atoms with van der Waals surface area (Å²) < 4.78 is 5.09. The Bertz CT molecular complexity index is 1610. The third-order valence-corrected chi connectivity index (χ3v) is 6.21. The molecule has 0 saturated carbocycles. The molecule has 206 valence electrons. The summed E-state index contributed by atoms with van der Waals surface area (Å²) in [6.45, 7) is 2.07. The van der Waals surface area contributed by atoms with E-state index in [9.17, 15) is 24.6 Å². The van der Waals surface area contributed by atoms with Crippen LogP contribution in [0.25, 0.3) is 10.9 Å². The first-order valence-corrected chi connectivity index (χ1v) is 12.6. The fourth-order valence-corrected chi connectivity index (χ4v) is 4.32. The number of hydrogen-bond acceptors (Lipinski definition) is 7. The molecular weight excluding hydrogens is 512 g/mol. The second kappa shape index (κ2) is 11.8. The SMILES string of the molecule is CCOC(=O)c1ccc2c(C(=Nc3ccc(N(C)C(=O)CN(C)C)c(C(=O)O)c3)c3ccccc3)c(O)[nH]c2c1. The lowest BCUT2D eigenvalue weighted by Gasteiger charge is -2.21. The summed E-state index contributed by atoms with van der Waals surface area (Å²) in [7, 11) is 5.04. The summed E-state index contributed by atoms with van der Waals surface area (Å²) in [6.07, 6.45) is 0. The Hall–Kier alpha value is -4.96. The number of aromatic carboxylic acids is 1. The molecule has 0 spiro atoms. The van der Waals surface area contributed by atoms with Gasteiger partial charge >= 0.3 is 11.9 Å². The van der Waals surface area contributed by atoms with Crippen molar-refractivity contribution in [3.05, 3.63) is 89.0 Å². The van der Waals surface area contributed by atoms with Crippen LogP contribution >= 0.6 is 0 Å². The first kappa shape index (κ1) is 28.1. The van der Waals surface area contributed by atoms with E-state index in [0.29, 0.717) is 39.0 Å². The number of carboxylic acids is 1. The number of carbonyl (C=O) groups is 3. The van der Waals surface area contributed by atoms with Crippen molar-refractivity contribution in [1.82, 2.24) is 9.88 Å². The largest absolute Gasteiger partial charge is 0.494 e. The summed E-state index contributed by atoms with van der Waals surface area (Å²) in [6, 6.07) is 18.6. The number of aliphatic imine (C=N–C) groups is 1. The smallest absolute Gasteiger partial charge is 0.338 e. The zero-order chi connectivity index (χ0) is 29.0. The minimum atomic E-state index is -1.21. The molecule has 0 aliphatic heterocycles. The number of benzene rings is 3. The van der Waals surface area contributed by atoms with Gasteiger partial charge in [0.2, 0.25) is 5.91 Å². The van der Waals surface area contributed by atoms with Gasteiger partial charge in [0.05, 0.1) is 46.9 Å². The number of carboxylic acid groups (broad SMARTS) is 1. The van der Waals surface area contributed by atoms with Gasteiger partial charge in [0.1, 0.15) is 0 Å². The fourth-order valence-electron chi connectivity index (χ4n) is 4.32. The van der Waals surface area contributed by atoms with Crippen molar-refractivity contribution in [2.75, 3.05) is 39.2 Å². The van der Waals surface area contributed by atoms with Gasteiger partial charge in [-0.05, 0) is 51.4 Å². The predicted octanol–water partition coefficient (Wildman–Crippen LogP) is 4.44. The van der Waals surface area contributed by atoms with E-state index in [1.54, 1.807) is 56.3 Å². The molecule has 0 fully saturated rings. The van der Waals surface area contributed by atoms with Crippen molar-refractivity contribution in [3.8, 4) is 5.88 Å². The van der Waals surface area contributed by atoms with Crippen LogP contribution in [0.15, 0.2) is 71.7 Å². The first-order chi connectivity index (χ1) is 19.1. The zero-order valence-electron chi connectivity index (χ0n) is 22.6. The van der Waals surface area contributed by atoms with Crippen LogP contribution in [0, 0.1) is 0 Å². The highest BCUT2D eigenvalue weighted by molar-refractivity contribution is 6.22. The Morgan fingerprint density at radius 1 is 0.950 bits per heavy atom. The molecule has 4 aromatic rings. The number of amides is 1. The fraction of sp³-hybridized carbons (Fsp3) is 0.200. The number of H-pyrrole nitrogens is 1. The Balaban J connectivity index is 1.86. The van der Waals surface area contributed by atoms with Crippen molar-refractivity contribution in [2.24, 2.45) is 4.99 Å². The molecule has 1 heterocycles. The third kappa shape index (κ3) is 5.87. The zero-order valence-corrected chi connectivity index (χ0v) is 22.6. The Labute approximate surface area is 231 Å². The van der Waals surface area contributed by atoms with Gasteiger partial charge in [-0.2, -0.15) is 0 Å². The Morgan fingerprint density at radius 3 is 2.33 bits per heavy atom. The van der Waals surface area contributed by atoms with Crippen molar-refractivity contribution in [3.63, 3.8) is 0 Å². The molecule has 1 aromatic heterocycles. The minimum absolute atomic E-state index is 0.0921. The van der Waals surface area contributed by atoms with Crippen molar-refractivity contribution in [1.29, 1.82) is 0 Å². The lowest BCUT2D eigenvalue weighted by Crippen LogP contribution is -2.35. The molecule has 1 amide bonds. The topological polar surface area (TPSA) is 136 Å². The van der Waals surface area contributed by atoms with Crippen LogP contribution < -0.4 is 4.90 Å². The molecule has 40 heavy (non-hydrogen) atoms. The second-order valence-corrected chi connectivity index (χ2v) is 9.35. The Morgan fingerprint density at radius 2 is 1.68 bits per heavy atom. The molecule has 0 bridgehead atoms. The number of aromatic nitrogens is 1. The van der Waals surface area contributed by atoms with Crippen molar-refractivity contribution in [2.45, 2.75) is 6.92 Å². The van der Waals surface area contributed by atoms with E-state index in [-0.39, 0.29) is 36.2 Å². The first-order valence-electron chi connectivity index (χ1n) is 12.6. The minimum Gasteiger partial charge on any atom is -0.494 e. The molecule has 10 nitrogen and oxygen atoms in total. The van der Waals surface area contributed by atoms with Gasteiger partial charge in [-0.15, -0.1) is 0 Å². The highest BCUT2D eigenvalue weighted by atomic mass is 16.5. The number of hydrogen-bond donors (Lipinski definition) is 3. The van der Waals surface area contributed by atoms with E-state index in [4.69, 9.17) is 9.73 Å². The van der Waals surface area contributed by atoms with Crippen LogP contribution in [0.5, 0.6) is 5.88 Å². The number of carbonyl (C=O) groups excluding carboxylic acids is 2. The average molecular weight is 543 g/mol. The summed E-state index contributed by atoms with van der Waals surface area (Å²) in [5.41, 5.74) is 2.73. The van der Waals surface area contributed by atoms with E-state index in [2.05, 4.69) is 4.98 Å². The van der Waals surface area contributed by atoms with Crippen LogP contribution in [-0.2, 0) is 9.53 Å². The number of likely N-dealkylation sites (N-methyl/N-ethyl adjacent to an activating group) is 2. The monoisotopic (exact) mass is 542 g/mol. The maximum absolute atomic E-state index is 12.6. The molecule has 0 unspecified atom stereocenters. The number of ether oxygens (including phenoxy) is 1. The number of aromatic amines is 1. The van der Waals surface area contributed by atoms with E-state index in [1.807, 2.05) is 30.3 Å². The number of rotatable bonds is 9. The van der Waals surface area contributed by atoms with Gasteiger partial charge in [0.15, 0.2) is 5.88 Å². The lowest BCUT2D eigenvalue weighted by atomic mass is 10.00. The van der Waals surface area contributed by atoms with E-state index < -0.39 is 11.9 Å². The molecule has 4 rings (SSSR count). The van der Waals surface area contributed by atoms with Crippen LogP contribution in [-0.4, -0.2) is 77.9 Å². The molecule has 0 aliphatic rings. The molecule has 10 heteroatoms. The molecule has 0 saturated heterocycles. The molecule has 3 N–H and O–H groups in total. The Kier molecular flexibility index (Phi) is 8.30. The lowest BCUT2D eigenvalue weighted by molar-refractivity contribution is -0.118. The highest BCUT2D eigenvalue weighted by Crippen LogP contribution is 2.33. The van der Waals surface area contributed by atoms with Gasteiger partial charge in [-0.1, -0.05) is 36.4 Å². The van der Waals surface area contributed by atoms with Crippen LogP contribution in [0.3, 0.4) is 0 Å². The number of aromatic hydroxyl groups is 1. The normalized spacial score (nSPS) is 11.6. The van der Waals surface area contributed by atoms with Crippen LogP contribution in [0.4, 0.5) is 11.4 Å². The van der Waals surface area contributed by atoms with Crippen molar-refractivity contribution < 1.29 is 29.3 Å². The number of nitrogens with one attached hydrogen (secondary N) is 1. The molecule has 0 atom stereocenters. The van der Waals surface area contributed by atoms with Gasteiger partial charge in [0.25, 0.3) is 0 Å². The summed E-state index contributed by atoms with van der Waals surface area (Å²) >= 11 is 0. The molecule has 0 aliphatic carbocycles. The average Bonchev–Trinajstić information content (AvgIpc) is 3.26. The molecule has 0 radical (unpaired) electrons. The van der Waals surface area contributed by atoms with E-state index in [1.165, 1.54) is 18.0 Å². The highest BCUT2D eigenvalue weighted by Gasteiger charge is 2.22. The molecule has 3 aromatic carbocycles. The number of nitrogens with zero attached hydrogens (tertiary/aromatic N) is 3. The molecular formula is C30H30N4O6. The van der Waals surface area contributed by atoms with Gasteiger partial charge in [-0.3, -0.25) is 4.79 Å². The standard InChI is InChI=1S/C30H30N4O6/c1-5-40-30(39)19-11-13-21-23(15-19)32-28(36)26(21)27(18-9-7-6-8-10-18)31-20-12-14-24(22(16-20)29(37)38)34(4)25(35)17-33(2)3/h6-16,32,36H,5,17H2,1-4H3,(H,37,38).